The Morgan fingerprint density at radius 3 is 2.71 bits per heavy atom. The summed E-state index contributed by atoms with van der Waals surface area (Å²) in [5.41, 5.74) is 7.90. The van der Waals surface area contributed by atoms with Gasteiger partial charge in [-0.1, -0.05) is 38.1 Å². The second-order valence-corrected chi connectivity index (χ2v) is 10.4. The summed E-state index contributed by atoms with van der Waals surface area (Å²) < 4.78 is 5.97. The number of nitriles is 1. The number of ether oxygens (including phenoxy) is 1. The predicted octanol–water partition coefficient (Wildman–Crippen LogP) is 4.10. The van der Waals surface area contributed by atoms with Crippen molar-refractivity contribution in [2.75, 3.05) is 4.90 Å². The highest BCUT2D eigenvalue weighted by Crippen LogP contribution is 2.60. The summed E-state index contributed by atoms with van der Waals surface area (Å²) in [6.07, 6.45) is 1.51. The molecule has 0 bridgehead atoms. The number of nitrogens with one attached hydrogen (secondary N) is 1. The van der Waals surface area contributed by atoms with E-state index in [0.29, 0.717) is 16.5 Å². The number of rotatable bonds is 1. The Morgan fingerprint density at radius 1 is 1.26 bits per heavy atom. The van der Waals surface area contributed by atoms with E-state index in [-0.39, 0.29) is 34.6 Å². The van der Waals surface area contributed by atoms with E-state index in [0.717, 1.165) is 29.7 Å². The number of nitrogens with zero attached hydrogens (tertiary/aromatic N) is 2. The molecule has 6 rings (SSSR count). The number of aromatic amines is 1. The predicted molar refractivity (Wildman–Crippen MR) is 133 cm³/mol. The maximum atomic E-state index is 14.7. The van der Waals surface area contributed by atoms with Gasteiger partial charge in [-0.15, -0.1) is 0 Å². The Kier molecular flexibility index (Phi) is 4.15. The number of carbonyl (C=O) groups excluding carboxylic acids is 1. The first kappa shape index (κ1) is 21.5. The van der Waals surface area contributed by atoms with Gasteiger partial charge in [0.05, 0.1) is 16.8 Å². The fraction of sp³-hybridized carbons (Fsp3) is 0.321. The molecular weight excluding hydrogens is 440 g/mol. The Labute approximate surface area is 202 Å². The first-order valence-electron chi connectivity index (χ1n) is 11.9. The van der Waals surface area contributed by atoms with Crippen LogP contribution in [0.5, 0.6) is 5.75 Å². The molecule has 0 radical (unpaired) electrons. The summed E-state index contributed by atoms with van der Waals surface area (Å²) in [6.45, 7) is 8.29. The van der Waals surface area contributed by atoms with Gasteiger partial charge in [-0.05, 0) is 55.9 Å². The topological polar surface area (TPSA) is 112 Å². The number of aryl methyl sites for hydroxylation is 1. The minimum atomic E-state index is -1.68. The molecule has 3 aliphatic rings. The number of hydrogen-bond acceptors (Lipinski definition) is 5. The van der Waals surface area contributed by atoms with Crippen molar-refractivity contribution < 1.29 is 9.53 Å². The van der Waals surface area contributed by atoms with Crippen LogP contribution in [0.4, 0.5) is 5.69 Å². The van der Waals surface area contributed by atoms with Crippen molar-refractivity contribution >= 4 is 22.5 Å². The number of nitrogens with two attached hydrogens (primary N) is 1. The summed E-state index contributed by atoms with van der Waals surface area (Å²) in [5.74, 6) is -0.0461. The van der Waals surface area contributed by atoms with Crippen LogP contribution < -0.4 is 20.9 Å². The number of hydrogen-bond donors (Lipinski definition) is 2. The van der Waals surface area contributed by atoms with Gasteiger partial charge in [0, 0.05) is 16.5 Å². The maximum Gasteiger partial charge on any atom is 0.257 e. The van der Waals surface area contributed by atoms with E-state index in [1.807, 2.05) is 38.1 Å². The van der Waals surface area contributed by atoms with E-state index in [9.17, 15) is 14.9 Å². The van der Waals surface area contributed by atoms with Crippen molar-refractivity contribution in [3.05, 3.63) is 80.5 Å². The molecule has 3 aliphatic heterocycles. The van der Waals surface area contributed by atoms with E-state index < -0.39 is 16.5 Å². The Bertz CT molecular complexity index is 1610. The lowest BCUT2D eigenvalue weighted by Crippen LogP contribution is -2.55. The van der Waals surface area contributed by atoms with E-state index in [1.165, 1.54) is 0 Å². The number of fused-ring (bicyclic) bond motifs is 5. The molecule has 2 aromatic carbocycles. The van der Waals surface area contributed by atoms with Crippen LogP contribution >= 0.6 is 0 Å². The van der Waals surface area contributed by atoms with Gasteiger partial charge in [0.1, 0.15) is 17.4 Å². The third kappa shape index (κ3) is 2.44. The number of aromatic nitrogens is 1. The van der Waals surface area contributed by atoms with Gasteiger partial charge in [0.25, 0.3) is 5.56 Å². The Morgan fingerprint density at radius 2 is 2.00 bits per heavy atom. The van der Waals surface area contributed by atoms with Crippen LogP contribution in [0.25, 0.3) is 10.9 Å². The maximum absolute atomic E-state index is 14.7. The van der Waals surface area contributed by atoms with Crippen LogP contribution in [0, 0.1) is 11.3 Å². The van der Waals surface area contributed by atoms with Crippen LogP contribution in [0.1, 0.15) is 62.3 Å². The molecule has 0 saturated heterocycles. The zero-order valence-corrected chi connectivity index (χ0v) is 20.2. The first-order valence-corrected chi connectivity index (χ1v) is 11.9. The van der Waals surface area contributed by atoms with Gasteiger partial charge in [0.2, 0.25) is 11.8 Å². The van der Waals surface area contributed by atoms with Crippen LogP contribution in [0.15, 0.2) is 52.6 Å². The summed E-state index contributed by atoms with van der Waals surface area (Å²) in [7, 11) is 0. The second-order valence-electron chi connectivity index (χ2n) is 10.4. The molecular formula is C28H26N4O3. The van der Waals surface area contributed by atoms with Crippen molar-refractivity contribution in [3.63, 3.8) is 0 Å². The van der Waals surface area contributed by atoms with Crippen LogP contribution in [0.2, 0.25) is 0 Å². The van der Waals surface area contributed by atoms with Gasteiger partial charge < -0.3 is 20.4 Å². The molecule has 0 saturated carbocycles. The zero-order valence-electron chi connectivity index (χ0n) is 20.2. The fourth-order valence-electron chi connectivity index (χ4n) is 6.50. The molecule has 2 atom stereocenters. The molecule has 4 heterocycles. The molecule has 35 heavy (non-hydrogen) atoms. The standard InChI is InChI=1S/C28H26N4O3/c1-5-15-10-17-14(2)12-27(3,4)32-22(17)18(11-15)28(26(32)34)19(13-29)24(30)35-23-16-8-6-7-9-20(16)31-25(33)21(23)28/h6-11,14H,5,12,30H2,1-4H3,(H,31,33)/t14-,28+/m1/s1. The highest BCUT2D eigenvalue weighted by atomic mass is 16.5. The van der Waals surface area contributed by atoms with Crippen molar-refractivity contribution in [1.29, 1.82) is 5.26 Å². The SMILES string of the molecule is CCc1cc2c3c(c1)[C@]1(C(=O)N3C(C)(C)C[C@H]2C)C(C#N)=C(N)Oc2c1c(=O)[nH]c1ccccc21. The molecule has 3 N–H and O–H groups in total. The van der Waals surface area contributed by atoms with E-state index >= 15 is 0 Å². The summed E-state index contributed by atoms with van der Waals surface area (Å²) >= 11 is 0. The highest BCUT2D eigenvalue weighted by Gasteiger charge is 2.64. The fourth-order valence-corrected chi connectivity index (χ4v) is 6.50. The quantitative estimate of drug-likeness (QED) is 0.561. The second kappa shape index (κ2) is 6.76. The lowest BCUT2D eigenvalue weighted by molar-refractivity contribution is -0.122. The highest BCUT2D eigenvalue weighted by molar-refractivity contribution is 6.16. The summed E-state index contributed by atoms with van der Waals surface area (Å²) in [6, 6.07) is 13.5. The number of pyridine rings is 1. The molecule has 1 spiro atoms. The molecule has 7 nitrogen and oxygen atoms in total. The van der Waals surface area contributed by atoms with Crippen LogP contribution in [-0.4, -0.2) is 16.4 Å². The number of benzene rings is 2. The summed E-state index contributed by atoms with van der Waals surface area (Å²) in [5, 5.41) is 11.0. The largest absolute Gasteiger partial charge is 0.439 e. The smallest absolute Gasteiger partial charge is 0.257 e. The molecule has 7 heteroatoms. The molecule has 1 amide bonds. The number of H-pyrrole nitrogens is 1. The van der Waals surface area contributed by atoms with E-state index in [2.05, 4.69) is 31.0 Å². The average Bonchev–Trinajstić information content (AvgIpc) is 3.07. The minimum Gasteiger partial charge on any atom is -0.439 e. The molecule has 3 aromatic rings. The lowest BCUT2D eigenvalue weighted by Gasteiger charge is -2.44. The van der Waals surface area contributed by atoms with Crippen molar-refractivity contribution in [2.45, 2.75) is 57.4 Å². The van der Waals surface area contributed by atoms with Gasteiger partial charge in [-0.2, -0.15) is 5.26 Å². The Balaban J connectivity index is 1.86. The van der Waals surface area contributed by atoms with Gasteiger partial charge >= 0.3 is 0 Å². The number of amides is 1. The number of para-hydroxylation sites is 1. The van der Waals surface area contributed by atoms with Gasteiger partial charge in [-0.25, -0.2) is 0 Å². The minimum absolute atomic E-state index is 0.0379. The van der Waals surface area contributed by atoms with Crippen LogP contribution in [-0.2, 0) is 16.6 Å². The van der Waals surface area contributed by atoms with Gasteiger partial charge in [0.15, 0.2) is 5.41 Å². The van der Waals surface area contributed by atoms with Crippen LogP contribution in [0.3, 0.4) is 0 Å². The molecule has 0 unspecified atom stereocenters. The average molecular weight is 467 g/mol. The summed E-state index contributed by atoms with van der Waals surface area (Å²) in [4.78, 5) is 33.2. The van der Waals surface area contributed by atoms with Crippen molar-refractivity contribution in [2.24, 2.45) is 5.73 Å². The number of anilines is 1. The lowest BCUT2D eigenvalue weighted by atomic mass is 9.68. The molecule has 176 valence electrons. The van der Waals surface area contributed by atoms with Gasteiger partial charge in [-0.3, -0.25) is 9.59 Å². The Hall–Kier alpha value is -4.05. The zero-order chi connectivity index (χ0) is 24.9. The third-order valence-electron chi connectivity index (χ3n) is 7.90. The molecule has 1 aromatic heterocycles. The first-order chi connectivity index (χ1) is 16.7. The normalized spacial score (nSPS) is 23.8. The third-order valence-corrected chi connectivity index (χ3v) is 7.90. The van der Waals surface area contributed by atoms with E-state index in [1.54, 1.807) is 11.0 Å². The monoisotopic (exact) mass is 466 g/mol. The van der Waals surface area contributed by atoms with E-state index in [4.69, 9.17) is 10.5 Å². The molecule has 0 fully saturated rings. The van der Waals surface area contributed by atoms with Crippen molar-refractivity contribution in [3.8, 4) is 11.8 Å². The van der Waals surface area contributed by atoms with Crippen molar-refractivity contribution in [1.82, 2.24) is 4.98 Å². The number of carbonyl (C=O) groups is 1. The molecule has 0 aliphatic carbocycles.